The highest BCUT2D eigenvalue weighted by molar-refractivity contribution is 7.17. The summed E-state index contributed by atoms with van der Waals surface area (Å²) in [6, 6.07) is 2.94. The van der Waals surface area contributed by atoms with E-state index in [0.29, 0.717) is 21.6 Å². The van der Waals surface area contributed by atoms with Gasteiger partial charge in [-0.05, 0) is 6.07 Å². The van der Waals surface area contributed by atoms with Gasteiger partial charge >= 0.3 is 5.97 Å². The van der Waals surface area contributed by atoms with Crippen molar-refractivity contribution in [3.63, 3.8) is 0 Å². The number of carboxylic acid groups (broad SMARTS) is 1. The summed E-state index contributed by atoms with van der Waals surface area (Å²) in [6.07, 6.45) is 0. The fourth-order valence-electron chi connectivity index (χ4n) is 2.32. The van der Waals surface area contributed by atoms with Gasteiger partial charge in [0.1, 0.15) is 17.9 Å². The molecule has 8 heteroatoms. The summed E-state index contributed by atoms with van der Waals surface area (Å²) in [7, 11) is 0. The molecule has 0 amide bonds. The zero-order chi connectivity index (χ0) is 15.3. The predicted octanol–water partition coefficient (Wildman–Crippen LogP) is 2.06. The number of carboxylic acids is 1. The average molecular weight is 309 g/mol. The minimum atomic E-state index is -1.14. The van der Waals surface area contributed by atoms with Gasteiger partial charge in [0.25, 0.3) is 5.56 Å². The van der Waals surface area contributed by atoms with Crippen LogP contribution in [0.1, 0.15) is 25.6 Å². The normalized spacial score (nSPS) is 11.8. The third-order valence-corrected chi connectivity index (χ3v) is 4.03. The number of aliphatic carboxylic acids is 1. The molecule has 0 saturated heterocycles. The van der Waals surface area contributed by atoms with E-state index in [1.54, 1.807) is 10.5 Å². The summed E-state index contributed by atoms with van der Waals surface area (Å²) in [5.41, 5.74) is 0.407. The van der Waals surface area contributed by atoms with Crippen LogP contribution in [0.5, 0.6) is 0 Å². The molecule has 110 valence electrons. The van der Waals surface area contributed by atoms with Crippen LogP contribution in [0.15, 0.2) is 16.9 Å². The minimum Gasteiger partial charge on any atom is -0.480 e. The second kappa shape index (κ2) is 4.66. The van der Waals surface area contributed by atoms with Crippen molar-refractivity contribution in [2.24, 2.45) is 0 Å². The molecule has 0 bridgehead atoms. The number of hydrogen-bond acceptors (Lipinski definition) is 4. The fourth-order valence-corrected chi connectivity index (χ4v) is 3.13. The van der Waals surface area contributed by atoms with Crippen LogP contribution < -0.4 is 5.56 Å². The maximum atomic E-state index is 13.4. The van der Waals surface area contributed by atoms with E-state index in [2.05, 4.69) is 5.10 Å². The van der Waals surface area contributed by atoms with Crippen molar-refractivity contribution in [2.75, 3.05) is 0 Å². The van der Waals surface area contributed by atoms with E-state index in [-0.39, 0.29) is 11.0 Å². The highest BCUT2D eigenvalue weighted by Crippen LogP contribution is 2.29. The predicted molar refractivity (Wildman–Crippen MR) is 76.5 cm³/mol. The van der Waals surface area contributed by atoms with E-state index in [4.69, 9.17) is 5.11 Å². The Kier molecular flexibility index (Phi) is 3.05. The van der Waals surface area contributed by atoms with Gasteiger partial charge in [-0.25, -0.2) is 4.68 Å². The van der Waals surface area contributed by atoms with Gasteiger partial charge in [0, 0.05) is 12.0 Å². The quantitative estimate of drug-likeness (QED) is 0.803. The van der Waals surface area contributed by atoms with E-state index in [9.17, 15) is 14.0 Å². The van der Waals surface area contributed by atoms with Crippen LogP contribution in [0.2, 0.25) is 0 Å². The van der Waals surface area contributed by atoms with Gasteiger partial charge in [0.05, 0.1) is 10.2 Å². The van der Waals surface area contributed by atoms with Crippen LogP contribution in [0.4, 0.5) is 4.39 Å². The van der Waals surface area contributed by atoms with Gasteiger partial charge in [-0.1, -0.05) is 13.8 Å². The zero-order valence-electron chi connectivity index (χ0n) is 11.3. The molecule has 0 aliphatic heterocycles. The van der Waals surface area contributed by atoms with Gasteiger partial charge in [-0.2, -0.15) is 9.49 Å². The average Bonchev–Trinajstić information content (AvgIpc) is 2.88. The number of aromatic nitrogens is 3. The minimum absolute atomic E-state index is 0.0493. The molecule has 0 unspecified atom stereocenters. The Morgan fingerprint density at radius 1 is 1.43 bits per heavy atom. The Hall–Kier alpha value is -2.22. The first-order chi connectivity index (χ1) is 9.88. The molecule has 0 aromatic carbocycles. The third kappa shape index (κ3) is 2.11. The Bertz CT molecular complexity index is 922. The second-order valence-electron chi connectivity index (χ2n) is 5.03. The van der Waals surface area contributed by atoms with Gasteiger partial charge in [0.15, 0.2) is 5.13 Å². The van der Waals surface area contributed by atoms with Gasteiger partial charge < -0.3 is 5.11 Å². The van der Waals surface area contributed by atoms with Crippen molar-refractivity contribution < 1.29 is 14.3 Å². The molecule has 0 aliphatic carbocycles. The first-order valence-corrected chi connectivity index (χ1v) is 7.13. The third-order valence-electron chi connectivity index (χ3n) is 3.17. The van der Waals surface area contributed by atoms with Crippen molar-refractivity contribution >= 4 is 33.0 Å². The summed E-state index contributed by atoms with van der Waals surface area (Å²) in [5.74, 6) is -0.659. The summed E-state index contributed by atoms with van der Waals surface area (Å²) < 4.78 is 16.6. The monoisotopic (exact) mass is 309 g/mol. The smallest absolute Gasteiger partial charge is 0.325 e. The molecule has 21 heavy (non-hydrogen) atoms. The molecule has 3 aromatic rings. The van der Waals surface area contributed by atoms with Crippen LogP contribution in [0.3, 0.4) is 0 Å². The van der Waals surface area contributed by atoms with E-state index >= 15 is 0 Å². The fraction of sp³-hybridized carbons (Fsp3) is 0.308. The van der Waals surface area contributed by atoms with Crippen molar-refractivity contribution in [1.82, 2.24) is 14.2 Å². The molecule has 0 fully saturated rings. The maximum absolute atomic E-state index is 13.4. The summed E-state index contributed by atoms with van der Waals surface area (Å²) >= 11 is 0.947. The van der Waals surface area contributed by atoms with E-state index in [1.165, 1.54) is 6.07 Å². The lowest BCUT2D eigenvalue weighted by molar-refractivity contribution is -0.138. The molecule has 6 nitrogen and oxygen atoms in total. The summed E-state index contributed by atoms with van der Waals surface area (Å²) in [5, 5.41) is 12.7. The maximum Gasteiger partial charge on any atom is 0.325 e. The highest BCUT2D eigenvalue weighted by Gasteiger charge is 2.19. The topological polar surface area (TPSA) is 76.6 Å². The Balaban J connectivity index is 2.44. The number of halogens is 1. The molecule has 0 aliphatic rings. The molecular weight excluding hydrogens is 297 g/mol. The van der Waals surface area contributed by atoms with Crippen LogP contribution in [0.25, 0.3) is 15.7 Å². The number of nitrogens with zero attached hydrogens (tertiary/aromatic N) is 3. The molecule has 3 heterocycles. The lowest BCUT2D eigenvalue weighted by Crippen LogP contribution is -2.30. The van der Waals surface area contributed by atoms with Gasteiger partial charge in [-0.15, -0.1) is 11.3 Å². The Labute approximate surface area is 122 Å². The molecule has 0 saturated carbocycles. The first-order valence-electron chi connectivity index (χ1n) is 6.31. The van der Waals surface area contributed by atoms with Crippen LogP contribution in [-0.2, 0) is 11.3 Å². The summed E-state index contributed by atoms with van der Waals surface area (Å²) in [4.78, 5) is 23.2. The van der Waals surface area contributed by atoms with Crippen molar-refractivity contribution in [2.45, 2.75) is 26.3 Å². The van der Waals surface area contributed by atoms with E-state index < -0.39 is 18.1 Å². The van der Waals surface area contributed by atoms with Crippen LogP contribution in [-0.4, -0.2) is 25.3 Å². The van der Waals surface area contributed by atoms with Crippen LogP contribution >= 0.6 is 11.3 Å². The molecular formula is C13H12FN3O3S. The SMILES string of the molecule is CC(C)c1nn(CC(=O)O)c(=O)c2cc3sc(F)cc3n12. The van der Waals surface area contributed by atoms with E-state index in [0.717, 1.165) is 16.0 Å². The Morgan fingerprint density at radius 2 is 2.14 bits per heavy atom. The van der Waals surface area contributed by atoms with Crippen molar-refractivity contribution in [3.05, 3.63) is 33.4 Å². The highest BCUT2D eigenvalue weighted by atomic mass is 32.1. The zero-order valence-corrected chi connectivity index (χ0v) is 12.1. The lowest BCUT2D eigenvalue weighted by atomic mass is 10.2. The molecule has 0 radical (unpaired) electrons. The Morgan fingerprint density at radius 3 is 2.76 bits per heavy atom. The molecule has 0 spiro atoms. The van der Waals surface area contributed by atoms with Crippen molar-refractivity contribution in [3.8, 4) is 0 Å². The van der Waals surface area contributed by atoms with E-state index in [1.807, 2.05) is 13.8 Å². The van der Waals surface area contributed by atoms with Gasteiger partial charge in [-0.3, -0.25) is 14.0 Å². The summed E-state index contributed by atoms with van der Waals surface area (Å²) in [6.45, 7) is 3.26. The number of thiophene rings is 1. The molecule has 1 N–H and O–H groups in total. The van der Waals surface area contributed by atoms with Crippen LogP contribution in [0, 0.1) is 5.13 Å². The number of rotatable bonds is 3. The molecule has 0 atom stereocenters. The van der Waals surface area contributed by atoms with Gasteiger partial charge in [0.2, 0.25) is 0 Å². The second-order valence-corrected chi connectivity index (χ2v) is 6.07. The van der Waals surface area contributed by atoms with Crippen molar-refractivity contribution in [1.29, 1.82) is 0 Å². The molecule has 3 rings (SSSR count). The number of fused-ring (bicyclic) bond motifs is 3. The first kappa shape index (κ1) is 13.7. The largest absolute Gasteiger partial charge is 0.480 e. The molecule has 3 aromatic heterocycles. The number of hydrogen-bond donors (Lipinski definition) is 1. The number of carbonyl (C=O) groups is 1. The lowest BCUT2D eigenvalue weighted by Gasteiger charge is -2.11. The standard InChI is InChI=1S/C13H12FN3O3S/c1-6(2)12-15-16(5-11(18)19)13(20)8-3-9-7(17(8)12)4-10(14)21-9/h3-4,6H,5H2,1-2H3,(H,18,19).